The quantitative estimate of drug-likeness (QED) is 0.252. The fraction of sp³-hybridized carbons (Fsp3) is 0.387. The average Bonchev–Trinajstić information content (AvgIpc) is 3.54. The van der Waals surface area contributed by atoms with Gasteiger partial charge < -0.3 is 10.1 Å². The van der Waals surface area contributed by atoms with Crippen LogP contribution in [0.1, 0.15) is 80.0 Å². The minimum atomic E-state index is -1.06. The van der Waals surface area contributed by atoms with E-state index in [2.05, 4.69) is 30.2 Å². The van der Waals surface area contributed by atoms with Gasteiger partial charge in [-0.05, 0) is 74.1 Å². The van der Waals surface area contributed by atoms with E-state index in [4.69, 9.17) is 9.72 Å². The number of Topliss-reactive ketones (excluding diaryl/α,β-unsaturated/α-hetero) is 1. The largest absolute Gasteiger partial charge is 0.380 e. The van der Waals surface area contributed by atoms with Crippen LogP contribution in [-0.2, 0) is 23.0 Å². The molecule has 2 atom stereocenters. The molecule has 198 valence electrons. The number of carbonyl (C=O) groups excluding carboxylic acids is 1. The molecule has 5 rings (SSSR count). The van der Waals surface area contributed by atoms with Gasteiger partial charge in [-0.3, -0.25) is 9.20 Å². The van der Waals surface area contributed by atoms with E-state index in [1.807, 2.05) is 35.7 Å². The first kappa shape index (κ1) is 26.0. The normalized spacial score (nSPS) is 18.2. The van der Waals surface area contributed by atoms with Crippen molar-refractivity contribution in [1.82, 2.24) is 14.4 Å². The first-order valence-electron chi connectivity index (χ1n) is 13.4. The predicted octanol–water partition coefficient (Wildman–Crippen LogP) is 7.18. The van der Waals surface area contributed by atoms with Crippen LogP contribution in [0.2, 0.25) is 0 Å². The number of alkyl halides is 1. The summed E-state index contributed by atoms with van der Waals surface area (Å²) in [5, 5.41) is 3.44. The highest BCUT2D eigenvalue weighted by molar-refractivity contribution is 6.03. The Morgan fingerprint density at radius 2 is 2.03 bits per heavy atom. The number of carbonyl (C=O) groups is 1. The molecule has 38 heavy (non-hydrogen) atoms. The molecular weight excluding hydrogens is 479 g/mol. The molecule has 4 heterocycles. The molecule has 0 spiro atoms. The van der Waals surface area contributed by atoms with Gasteiger partial charge in [-0.15, -0.1) is 0 Å². The zero-order chi connectivity index (χ0) is 27.0. The number of ether oxygens (including phenoxy) is 1. The lowest BCUT2D eigenvalue weighted by atomic mass is 9.80. The lowest BCUT2D eigenvalue weighted by Crippen LogP contribution is -2.24. The van der Waals surface area contributed by atoms with Gasteiger partial charge in [0.05, 0.1) is 24.2 Å². The maximum absolute atomic E-state index is 13.9. The number of hydrogen-bond donors (Lipinski definition) is 1. The van der Waals surface area contributed by atoms with Crippen molar-refractivity contribution >= 4 is 22.9 Å². The van der Waals surface area contributed by atoms with Gasteiger partial charge in [-0.1, -0.05) is 32.9 Å². The number of imidazole rings is 1. The van der Waals surface area contributed by atoms with Gasteiger partial charge >= 0.3 is 0 Å². The van der Waals surface area contributed by atoms with Crippen LogP contribution in [0.3, 0.4) is 0 Å². The summed E-state index contributed by atoms with van der Waals surface area (Å²) in [7, 11) is 0. The van der Waals surface area contributed by atoms with Gasteiger partial charge in [0, 0.05) is 35.0 Å². The molecule has 1 aliphatic rings. The van der Waals surface area contributed by atoms with E-state index in [9.17, 15) is 9.18 Å². The minimum Gasteiger partial charge on any atom is -0.380 e. The van der Waals surface area contributed by atoms with Gasteiger partial charge in [0.1, 0.15) is 17.6 Å². The maximum atomic E-state index is 13.9. The van der Waals surface area contributed by atoms with Crippen molar-refractivity contribution in [2.45, 2.75) is 65.5 Å². The topological polar surface area (TPSA) is 68.5 Å². The monoisotopic (exact) mass is 514 g/mol. The van der Waals surface area contributed by atoms with Crippen molar-refractivity contribution in [2.24, 2.45) is 0 Å². The van der Waals surface area contributed by atoms with Crippen molar-refractivity contribution < 1.29 is 13.9 Å². The highest BCUT2D eigenvalue weighted by Crippen LogP contribution is 2.37. The van der Waals surface area contributed by atoms with Crippen LogP contribution in [-0.4, -0.2) is 33.4 Å². The Bertz CT molecular complexity index is 1500. The average molecular weight is 515 g/mol. The van der Waals surface area contributed by atoms with E-state index < -0.39 is 6.17 Å². The second-order valence-corrected chi connectivity index (χ2v) is 10.4. The van der Waals surface area contributed by atoms with Crippen LogP contribution in [0, 0.1) is 0 Å². The van der Waals surface area contributed by atoms with E-state index in [-0.39, 0.29) is 11.2 Å². The van der Waals surface area contributed by atoms with Crippen molar-refractivity contribution in [3.63, 3.8) is 0 Å². The number of halogens is 1. The molecule has 1 aromatic carbocycles. The Labute approximate surface area is 223 Å². The molecule has 0 bridgehead atoms. The summed E-state index contributed by atoms with van der Waals surface area (Å²) in [5.41, 5.74) is 7.65. The molecule has 1 N–H and O–H groups in total. The number of pyridine rings is 2. The maximum Gasteiger partial charge on any atom is 0.162 e. The molecular formula is C31H35FN4O2. The van der Waals surface area contributed by atoms with Crippen LogP contribution >= 0.6 is 0 Å². The summed E-state index contributed by atoms with van der Waals surface area (Å²) in [6.07, 6.45) is 5.03. The number of rotatable bonds is 8. The van der Waals surface area contributed by atoms with Crippen molar-refractivity contribution in [2.75, 3.05) is 18.5 Å². The lowest BCUT2D eigenvalue weighted by molar-refractivity contribution is 0.101. The zero-order valence-electron chi connectivity index (χ0n) is 22.8. The molecule has 1 aliphatic heterocycles. The highest BCUT2D eigenvalue weighted by atomic mass is 19.1. The number of hydrogen-bond acceptors (Lipinski definition) is 5. The van der Waals surface area contributed by atoms with Crippen molar-refractivity contribution in [1.29, 1.82) is 0 Å². The van der Waals surface area contributed by atoms with Gasteiger partial charge in [-0.2, -0.15) is 0 Å². The summed E-state index contributed by atoms with van der Waals surface area (Å²) in [5.74, 6) is 0.699. The molecule has 0 saturated carbocycles. The fourth-order valence-electron chi connectivity index (χ4n) is 5.61. The number of anilines is 2. The van der Waals surface area contributed by atoms with Crippen LogP contribution < -0.4 is 5.32 Å². The van der Waals surface area contributed by atoms with Gasteiger partial charge in [0.25, 0.3) is 0 Å². The van der Waals surface area contributed by atoms with Crippen LogP contribution in [0.25, 0.3) is 16.9 Å². The molecule has 1 saturated heterocycles. The zero-order valence-corrected chi connectivity index (χ0v) is 22.8. The fourth-order valence-corrected chi connectivity index (χ4v) is 5.61. The number of benzene rings is 1. The summed E-state index contributed by atoms with van der Waals surface area (Å²) in [6.45, 7) is 11.0. The number of nitrogens with zero attached hydrogens (tertiary/aromatic N) is 3. The van der Waals surface area contributed by atoms with Crippen LogP contribution in [0.5, 0.6) is 0 Å². The van der Waals surface area contributed by atoms with E-state index in [1.54, 1.807) is 25.3 Å². The van der Waals surface area contributed by atoms with E-state index >= 15 is 0 Å². The highest BCUT2D eigenvalue weighted by Gasteiger charge is 2.34. The Morgan fingerprint density at radius 1 is 1.21 bits per heavy atom. The number of ketones is 1. The minimum absolute atomic E-state index is 0.0171. The number of fused-ring (bicyclic) bond motifs is 1. The van der Waals surface area contributed by atoms with E-state index in [1.165, 1.54) is 12.5 Å². The summed E-state index contributed by atoms with van der Waals surface area (Å²) in [6, 6.07) is 11.6. The predicted molar refractivity (Wildman–Crippen MR) is 149 cm³/mol. The lowest BCUT2D eigenvalue weighted by Gasteiger charge is -2.25. The summed E-state index contributed by atoms with van der Waals surface area (Å²) in [4.78, 5) is 22.5. The molecule has 7 heteroatoms. The van der Waals surface area contributed by atoms with Gasteiger partial charge in [-0.25, -0.2) is 14.4 Å². The van der Waals surface area contributed by atoms with Crippen LogP contribution in [0.4, 0.5) is 15.9 Å². The SMILES string of the molecule is CCc1nc(Nc2ccc(-c3cnc4cc(C(C)F)ccn34)c(CC)c2C(C)=O)ccc1[C@]1(C)CCOC1. The summed E-state index contributed by atoms with van der Waals surface area (Å²) < 4.78 is 21.5. The molecule has 4 aromatic rings. The Morgan fingerprint density at radius 3 is 2.68 bits per heavy atom. The molecule has 1 unspecified atom stereocenters. The van der Waals surface area contributed by atoms with Gasteiger partial charge in [0.2, 0.25) is 0 Å². The third-order valence-corrected chi connectivity index (χ3v) is 7.73. The standard InChI is InChI=1S/C31H35FN4O2/c1-6-22-23(27-17-33-29-16-21(19(3)32)12-14-36(27)29)8-10-26(30(22)20(4)37)35-28-11-9-24(25(7-2)34-28)31(5)13-15-38-18-31/h8-12,14,16-17,19H,6-7,13,15,18H2,1-5H3,(H,34,35)/t19?,31-/m1/s1. The third-order valence-electron chi connectivity index (χ3n) is 7.73. The molecule has 1 fully saturated rings. The smallest absolute Gasteiger partial charge is 0.162 e. The van der Waals surface area contributed by atoms with Crippen molar-refractivity contribution in [3.05, 3.63) is 76.7 Å². The first-order valence-corrected chi connectivity index (χ1v) is 13.4. The molecule has 0 radical (unpaired) electrons. The summed E-state index contributed by atoms with van der Waals surface area (Å²) >= 11 is 0. The molecule has 0 aliphatic carbocycles. The molecule has 6 nitrogen and oxygen atoms in total. The van der Waals surface area contributed by atoms with Crippen LogP contribution in [0.15, 0.2) is 48.8 Å². The number of nitrogens with one attached hydrogen (secondary N) is 1. The molecule has 3 aromatic heterocycles. The molecule has 0 amide bonds. The van der Waals surface area contributed by atoms with Gasteiger partial charge in [0.15, 0.2) is 5.78 Å². The third kappa shape index (κ3) is 4.60. The second-order valence-electron chi connectivity index (χ2n) is 10.4. The Balaban J connectivity index is 1.55. The number of aryl methyl sites for hydroxylation is 1. The van der Waals surface area contributed by atoms with E-state index in [0.29, 0.717) is 35.6 Å². The first-order chi connectivity index (χ1) is 18.3. The number of aromatic nitrogens is 3. The van der Waals surface area contributed by atoms with E-state index in [0.717, 1.165) is 47.7 Å². The Hall–Kier alpha value is -3.58. The second kappa shape index (κ2) is 10.3. The van der Waals surface area contributed by atoms with Crippen molar-refractivity contribution in [3.8, 4) is 11.3 Å². The Kier molecular flexibility index (Phi) is 7.05.